The van der Waals surface area contributed by atoms with Gasteiger partial charge in [0.05, 0.1) is 19.8 Å². The van der Waals surface area contributed by atoms with E-state index < -0.39 is 12.0 Å². The molecule has 1 fully saturated rings. The second-order valence-electron chi connectivity index (χ2n) is 7.17. The Bertz CT molecular complexity index is 982. The molecule has 1 aliphatic heterocycles. The molecule has 2 atom stereocenters. The number of nitrogens with zero attached hydrogens (tertiary/aromatic N) is 1. The van der Waals surface area contributed by atoms with E-state index >= 15 is 0 Å². The van der Waals surface area contributed by atoms with E-state index in [1.807, 2.05) is 37.3 Å². The second-order valence-corrected chi connectivity index (χ2v) is 8.28. The third kappa shape index (κ3) is 3.82. The van der Waals surface area contributed by atoms with Crippen LogP contribution in [0.5, 0.6) is 11.5 Å². The third-order valence-corrected chi connectivity index (χ3v) is 6.60. The van der Waals surface area contributed by atoms with Gasteiger partial charge in [-0.1, -0.05) is 24.3 Å². The first-order valence-electron chi connectivity index (χ1n) is 9.90. The van der Waals surface area contributed by atoms with Crippen molar-refractivity contribution in [3.8, 4) is 11.5 Å². The van der Waals surface area contributed by atoms with Crippen molar-refractivity contribution in [1.29, 1.82) is 0 Å². The van der Waals surface area contributed by atoms with Gasteiger partial charge in [0.15, 0.2) is 11.5 Å². The smallest absolute Gasteiger partial charge is 0.320 e. The van der Waals surface area contributed by atoms with Crippen LogP contribution in [-0.2, 0) is 4.79 Å². The number of hydrogen-bond acceptors (Lipinski definition) is 5. The maximum atomic E-state index is 11.9. The lowest BCUT2D eigenvalue weighted by Crippen LogP contribution is -2.39. The van der Waals surface area contributed by atoms with E-state index in [1.54, 1.807) is 18.4 Å². The van der Waals surface area contributed by atoms with Gasteiger partial charge in [-0.2, -0.15) is 0 Å². The van der Waals surface area contributed by atoms with E-state index in [0.717, 1.165) is 23.4 Å². The zero-order valence-electron chi connectivity index (χ0n) is 16.6. The summed E-state index contributed by atoms with van der Waals surface area (Å²) < 4.78 is 12.4. The SMILES string of the molecule is CCOc1ccc(C(c2cc3ccccc3s2)N2CCCC2C(=O)O)cc1OC. The lowest BCUT2D eigenvalue weighted by molar-refractivity contribution is -0.142. The summed E-state index contributed by atoms with van der Waals surface area (Å²) in [4.78, 5) is 15.2. The minimum Gasteiger partial charge on any atom is -0.493 e. The summed E-state index contributed by atoms with van der Waals surface area (Å²) in [5.41, 5.74) is 1.02. The fourth-order valence-electron chi connectivity index (χ4n) is 4.15. The van der Waals surface area contributed by atoms with Crippen LogP contribution in [-0.4, -0.2) is 42.3 Å². The van der Waals surface area contributed by atoms with Gasteiger partial charge in [-0.3, -0.25) is 9.69 Å². The molecule has 0 amide bonds. The van der Waals surface area contributed by atoms with Crippen LogP contribution >= 0.6 is 11.3 Å². The van der Waals surface area contributed by atoms with E-state index in [0.29, 0.717) is 24.5 Å². The minimum absolute atomic E-state index is 0.138. The number of benzene rings is 2. The Morgan fingerprint density at radius 1 is 1.24 bits per heavy atom. The summed E-state index contributed by atoms with van der Waals surface area (Å²) in [7, 11) is 1.63. The number of thiophene rings is 1. The van der Waals surface area contributed by atoms with Crippen molar-refractivity contribution in [1.82, 2.24) is 4.90 Å². The molecule has 5 nitrogen and oxygen atoms in total. The molecule has 0 radical (unpaired) electrons. The molecule has 2 unspecified atom stereocenters. The number of carboxylic acid groups (broad SMARTS) is 1. The Morgan fingerprint density at radius 3 is 2.79 bits per heavy atom. The molecule has 4 rings (SSSR count). The highest BCUT2D eigenvalue weighted by Gasteiger charge is 2.37. The largest absolute Gasteiger partial charge is 0.493 e. The van der Waals surface area contributed by atoms with Gasteiger partial charge in [0.1, 0.15) is 6.04 Å². The lowest BCUT2D eigenvalue weighted by Gasteiger charge is -2.31. The second kappa shape index (κ2) is 8.43. The normalized spacial score (nSPS) is 18.1. The van der Waals surface area contributed by atoms with Crippen LogP contribution in [0.3, 0.4) is 0 Å². The Labute approximate surface area is 174 Å². The number of methoxy groups -OCH3 is 1. The number of carboxylic acids is 1. The fourth-order valence-corrected chi connectivity index (χ4v) is 5.36. The zero-order chi connectivity index (χ0) is 20.4. The molecule has 1 saturated heterocycles. The van der Waals surface area contributed by atoms with E-state index in [9.17, 15) is 9.90 Å². The molecule has 152 valence electrons. The van der Waals surface area contributed by atoms with Crippen LogP contribution in [0, 0.1) is 0 Å². The number of likely N-dealkylation sites (tertiary alicyclic amines) is 1. The Balaban J connectivity index is 1.83. The molecule has 1 aliphatic rings. The highest BCUT2D eigenvalue weighted by Crippen LogP contribution is 2.42. The van der Waals surface area contributed by atoms with Crippen LogP contribution < -0.4 is 9.47 Å². The first kappa shape index (κ1) is 19.7. The summed E-state index contributed by atoms with van der Waals surface area (Å²) in [6.07, 6.45) is 1.55. The van der Waals surface area contributed by atoms with Gasteiger partial charge in [-0.25, -0.2) is 0 Å². The molecule has 29 heavy (non-hydrogen) atoms. The summed E-state index contributed by atoms with van der Waals surface area (Å²) in [5.74, 6) is 0.609. The fraction of sp³-hybridized carbons (Fsp3) is 0.348. The first-order chi connectivity index (χ1) is 14.1. The highest BCUT2D eigenvalue weighted by atomic mass is 32.1. The number of aliphatic carboxylic acids is 1. The molecule has 6 heteroatoms. The molecule has 1 N–H and O–H groups in total. The topological polar surface area (TPSA) is 59.0 Å². The predicted molar refractivity (Wildman–Crippen MR) is 115 cm³/mol. The number of carbonyl (C=O) groups is 1. The number of rotatable bonds is 7. The molecular formula is C23H25NO4S. The van der Waals surface area contributed by atoms with E-state index in [4.69, 9.17) is 9.47 Å². The summed E-state index contributed by atoms with van der Waals surface area (Å²) in [6.45, 7) is 3.25. The Hall–Kier alpha value is -2.57. The van der Waals surface area contributed by atoms with Crippen LogP contribution in [0.25, 0.3) is 10.1 Å². The summed E-state index contributed by atoms with van der Waals surface area (Å²) >= 11 is 1.72. The highest BCUT2D eigenvalue weighted by molar-refractivity contribution is 7.19. The number of fused-ring (bicyclic) bond motifs is 1. The molecular weight excluding hydrogens is 386 g/mol. The number of ether oxygens (including phenoxy) is 2. The molecule has 1 aromatic heterocycles. The van der Waals surface area contributed by atoms with Crippen molar-refractivity contribution in [2.45, 2.75) is 31.8 Å². The summed E-state index contributed by atoms with van der Waals surface area (Å²) in [6, 6.07) is 15.8. The van der Waals surface area contributed by atoms with Crippen molar-refractivity contribution in [3.63, 3.8) is 0 Å². The molecule has 2 aromatic carbocycles. The first-order valence-corrected chi connectivity index (χ1v) is 10.7. The van der Waals surface area contributed by atoms with Crippen molar-refractivity contribution >= 4 is 27.4 Å². The minimum atomic E-state index is -0.758. The molecule has 0 aliphatic carbocycles. The van der Waals surface area contributed by atoms with Gasteiger partial charge in [0, 0.05) is 16.1 Å². The quantitative estimate of drug-likeness (QED) is 0.596. The van der Waals surface area contributed by atoms with Gasteiger partial charge in [0.2, 0.25) is 0 Å². The van der Waals surface area contributed by atoms with Crippen LogP contribution in [0.15, 0.2) is 48.5 Å². The zero-order valence-corrected chi connectivity index (χ0v) is 17.4. The standard InChI is InChI=1S/C23H25NO4S/c1-3-28-18-11-10-16(13-19(18)27-2)22(24-12-6-8-17(24)23(25)26)21-14-15-7-4-5-9-20(15)29-21/h4-5,7,9-11,13-14,17,22H,3,6,8,12H2,1-2H3,(H,25,26). The van der Waals surface area contributed by atoms with Gasteiger partial charge in [0.25, 0.3) is 0 Å². The van der Waals surface area contributed by atoms with Gasteiger partial charge in [-0.05, 0) is 55.0 Å². The van der Waals surface area contributed by atoms with E-state index in [1.165, 1.54) is 10.1 Å². The van der Waals surface area contributed by atoms with Crippen molar-refractivity contribution < 1.29 is 19.4 Å². The Morgan fingerprint density at radius 2 is 2.07 bits per heavy atom. The van der Waals surface area contributed by atoms with E-state index in [-0.39, 0.29) is 6.04 Å². The average Bonchev–Trinajstić information content (AvgIpc) is 3.36. The van der Waals surface area contributed by atoms with Crippen molar-refractivity contribution in [3.05, 3.63) is 59.0 Å². The summed E-state index contributed by atoms with van der Waals surface area (Å²) in [5, 5.41) is 11.0. The molecule has 0 spiro atoms. The molecule has 0 bridgehead atoms. The van der Waals surface area contributed by atoms with Gasteiger partial charge in [-0.15, -0.1) is 11.3 Å². The van der Waals surface area contributed by atoms with Crippen molar-refractivity contribution in [2.24, 2.45) is 0 Å². The Kier molecular flexibility index (Phi) is 5.74. The monoisotopic (exact) mass is 411 g/mol. The third-order valence-electron chi connectivity index (χ3n) is 5.43. The van der Waals surface area contributed by atoms with Crippen LogP contribution in [0.2, 0.25) is 0 Å². The molecule has 3 aromatic rings. The van der Waals surface area contributed by atoms with Crippen LogP contribution in [0.1, 0.15) is 36.2 Å². The van der Waals surface area contributed by atoms with Crippen molar-refractivity contribution in [2.75, 3.05) is 20.3 Å². The van der Waals surface area contributed by atoms with Crippen LogP contribution in [0.4, 0.5) is 0 Å². The lowest BCUT2D eigenvalue weighted by atomic mass is 10.0. The average molecular weight is 412 g/mol. The molecule has 0 saturated carbocycles. The predicted octanol–water partition coefficient (Wildman–Crippen LogP) is 4.95. The van der Waals surface area contributed by atoms with E-state index in [2.05, 4.69) is 23.1 Å². The maximum Gasteiger partial charge on any atom is 0.320 e. The maximum absolute atomic E-state index is 11.9. The number of hydrogen-bond donors (Lipinski definition) is 1. The van der Waals surface area contributed by atoms with Gasteiger partial charge < -0.3 is 14.6 Å². The molecule has 2 heterocycles. The van der Waals surface area contributed by atoms with Gasteiger partial charge >= 0.3 is 5.97 Å².